The highest BCUT2D eigenvalue weighted by molar-refractivity contribution is 7.99. The van der Waals surface area contributed by atoms with Crippen LogP contribution in [0, 0.1) is 10.1 Å². The largest absolute Gasteiger partial charge is 0.333 e. The first-order chi connectivity index (χ1) is 12.1. The molecule has 2 aliphatic rings. The van der Waals surface area contributed by atoms with Crippen LogP contribution in [-0.2, 0) is 4.79 Å². The number of benzene rings is 2. The Morgan fingerprint density at radius 2 is 1.72 bits per heavy atom. The third-order valence-corrected chi connectivity index (χ3v) is 5.64. The molecule has 2 atom stereocenters. The summed E-state index contributed by atoms with van der Waals surface area (Å²) >= 11 is 1.57. The minimum absolute atomic E-state index is 0.0823. The number of nitrogens with zero attached hydrogens (tertiary/aromatic N) is 3. The minimum atomic E-state index is -0.516. The van der Waals surface area contributed by atoms with Gasteiger partial charge in [-0.3, -0.25) is 19.8 Å². The average Bonchev–Trinajstić information content (AvgIpc) is 3.17. The van der Waals surface area contributed by atoms with Crippen molar-refractivity contribution in [2.75, 3.05) is 10.7 Å². The number of urea groups is 1. The van der Waals surface area contributed by atoms with E-state index in [-0.39, 0.29) is 23.0 Å². The number of fused-ring (bicyclic) bond motifs is 1. The molecule has 25 heavy (non-hydrogen) atoms. The van der Waals surface area contributed by atoms with Crippen LogP contribution in [0.5, 0.6) is 0 Å². The molecule has 2 heterocycles. The summed E-state index contributed by atoms with van der Waals surface area (Å²) in [5.41, 5.74) is 1.24. The molecule has 2 saturated heterocycles. The standard InChI is InChI=1S/C17H13N3O4S/c21-15-14-10-25-16(11-4-2-1-3-5-11)19(14)17(22)18(15)12-6-8-13(9-7-12)20(23)24/h1-9,14,16H,10H2/t14-,16?/m0/s1. The van der Waals surface area contributed by atoms with Gasteiger partial charge in [0.25, 0.3) is 11.6 Å². The fourth-order valence-electron chi connectivity index (χ4n) is 3.12. The van der Waals surface area contributed by atoms with E-state index in [4.69, 9.17) is 0 Å². The Bertz CT molecular complexity index is 856. The number of imide groups is 1. The molecule has 0 bridgehead atoms. The van der Waals surface area contributed by atoms with Gasteiger partial charge in [0.05, 0.1) is 10.6 Å². The van der Waals surface area contributed by atoms with Gasteiger partial charge in [0.1, 0.15) is 11.4 Å². The van der Waals surface area contributed by atoms with Gasteiger partial charge in [-0.1, -0.05) is 30.3 Å². The van der Waals surface area contributed by atoms with E-state index in [1.54, 1.807) is 16.7 Å². The predicted molar refractivity (Wildman–Crippen MR) is 93.2 cm³/mol. The van der Waals surface area contributed by atoms with Crippen molar-refractivity contribution in [2.24, 2.45) is 0 Å². The quantitative estimate of drug-likeness (QED) is 0.480. The second-order valence-corrected chi connectivity index (χ2v) is 6.86. The predicted octanol–water partition coefficient (Wildman–Crippen LogP) is 3.18. The maximum Gasteiger partial charge on any atom is 0.333 e. The van der Waals surface area contributed by atoms with E-state index < -0.39 is 11.0 Å². The molecule has 8 heteroatoms. The first-order valence-electron chi connectivity index (χ1n) is 7.65. The lowest BCUT2D eigenvalue weighted by atomic mass is 10.2. The molecule has 0 spiro atoms. The van der Waals surface area contributed by atoms with Gasteiger partial charge in [-0.25, -0.2) is 9.69 Å². The number of nitro benzene ring substituents is 1. The van der Waals surface area contributed by atoms with Gasteiger partial charge in [0.2, 0.25) is 0 Å². The number of amides is 3. The van der Waals surface area contributed by atoms with Gasteiger partial charge in [0.15, 0.2) is 0 Å². The van der Waals surface area contributed by atoms with Crippen LogP contribution in [0.1, 0.15) is 10.9 Å². The van der Waals surface area contributed by atoms with E-state index in [1.807, 2.05) is 30.3 Å². The summed E-state index contributed by atoms with van der Waals surface area (Å²) in [7, 11) is 0. The molecule has 7 nitrogen and oxygen atoms in total. The number of carbonyl (C=O) groups is 2. The number of hydrogen-bond acceptors (Lipinski definition) is 5. The zero-order valence-corrected chi connectivity index (χ0v) is 13.8. The van der Waals surface area contributed by atoms with Crippen LogP contribution >= 0.6 is 11.8 Å². The summed E-state index contributed by atoms with van der Waals surface area (Å²) in [6.45, 7) is 0. The van der Waals surface area contributed by atoms with Crippen molar-refractivity contribution in [3.05, 3.63) is 70.3 Å². The van der Waals surface area contributed by atoms with Crippen LogP contribution in [-0.4, -0.2) is 33.6 Å². The highest BCUT2D eigenvalue weighted by Crippen LogP contribution is 2.46. The zero-order chi connectivity index (χ0) is 17.6. The lowest BCUT2D eigenvalue weighted by molar-refractivity contribution is -0.384. The maximum atomic E-state index is 12.9. The van der Waals surface area contributed by atoms with Crippen LogP contribution in [0.2, 0.25) is 0 Å². The molecule has 2 aromatic carbocycles. The topological polar surface area (TPSA) is 83.8 Å². The monoisotopic (exact) mass is 355 g/mol. The van der Waals surface area contributed by atoms with Gasteiger partial charge >= 0.3 is 6.03 Å². The molecule has 0 radical (unpaired) electrons. The normalized spacial score (nSPS) is 22.4. The van der Waals surface area contributed by atoms with E-state index in [0.29, 0.717) is 11.4 Å². The number of carbonyl (C=O) groups excluding carboxylic acids is 2. The van der Waals surface area contributed by atoms with Crippen LogP contribution in [0.4, 0.5) is 16.2 Å². The summed E-state index contributed by atoms with van der Waals surface area (Å²) in [6, 6.07) is 14.1. The number of thioether (sulfide) groups is 1. The Labute approximate surface area is 147 Å². The Hall–Kier alpha value is -2.87. The van der Waals surface area contributed by atoms with Crippen molar-refractivity contribution < 1.29 is 14.5 Å². The fourth-order valence-corrected chi connectivity index (χ4v) is 4.54. The molecule has 0 aromatic heterocycles. The molecule has 126 valence electrons. The van der Waals surface area contributed by atoms with Crippen LogP contribution in [0.3, 0.4) is 0 Å². The molecule has 0 N–H and O–H groups in total. The molecule has 0 aliphatic carbocycles. The number of non-ortho nitro benzene ring substituents is 1. The molecule has 3 amide bonds. The lowest BCUT2D eigenvalue weighted by Gasteiger charge is -2.22. The van der Waals surface area contributed by atoms with Crippen molar-refractivity contribution in [1.82, 2.24) is 4.90 Å². The second-order valence-electron chi connectivity index (χ2n) is 5.75. The van der Waals surface area contributed by atoms with Crippen LogP contribution in [0.25, 0.3) is 0 Å². The summed E-state index contributed by atoms with van der Waals surface area (Å²) in [5, 5.41) is 10.6. The van der Waals surface area contributed by atoms with E-state index in [0.717, 1.165) is 10.5 Å². The number of nitro groups is 1. The third-order valence-electron chi connectivity index (χ3n) is 4.32. The first-order valence-corrected chi connectivity index (χ1v) is 8.70. The van der Waals surface area contributed by atoms with Crippen LogP contribution in [0.15, 0.2) is 54.6 Å². The van der Waals surface area contributed by atoms with Crippen molar-refractivity contribution >= 4 is 35.1 Å². The Balaban J connectivity index is 1.66. The summed E-state index contributed by atoms with van der Waals surface area (Å²) in [5.74, 6) is 0.248. The van der Waals surface area contributed by atoms with E-state index in [2.05, 4.69) is 0 Å². The van der Waals surface area contributed by atoms with Crippen molar-refractivity contribution in [2.45, 2.75) is 11.4 Å². The molecule has 4 rings (SSSR count). The van der Waals surface area contributed by atoms with Gasteiger partial charge in [-0.15, -0.1) is 11.8 Å². The molecule has 2 fully saturated rings. The Morgan fingerprint density at radius 3 is 2.36 bits per heavy atom. The van der Waals surface area contributed by atoms with E-state index in [9.17, 15) is 19.7 Å². The first kappa shape index (κ1) is 15.6. The maximum absolute atomic E-state index is 12.9. The number of hydrogen-bond donors (Lipinski definition) is 0. The van der Waals surface area contributed by atoms with Gasteiger partial charge < -0.3 is 0 Å². The summed E-state index contributed by atoms with van der Waals surface area (Å²) in [6.07, 6.45) is 0. The van der Waals surface area contributed by atoms with E-state index >= 15 is 0 Å². The Kier molecular flexibility index (Phi) is 3.69. The highest BCUT2D eigenvalue weighted by Gasteiger charge is 2.53. The van der Waals surface area contributed by atoms with Gasteiger partial charge in [0, 0.05) is 17.9 Å². The number of anilines is 1. The van der Waals surface area contributed by atoms with Crippen molar-refractivity contribution in [1.29, 1.82) is 0 Å². The second kappa shape index (κ2) is 5.89. The zero-order valence-electron chi connectivity index (χ0n) is 12.9. The third kappa shape index (κ3) is 2.45. The van der Waals surface area contributed by atoms with Gasteiger partial charge in [-0.2, -0.15) is 0 Å². The SMILES string of the molecule is O=C1[C@@H]2CSC(c3ccccc3)N2C(=O)N1c1ccc([N+](=O)[O-])cc1. The number of rotatable bonds is 3. The summed E-state index contributed by atoms with van der Waals surface area (Å²) < 4.78 is 0. The lowest BCUT2D eigenvalue weighted by Crippen LogP contribution is -2.33. The molecule has 0 saturated carbocycles. The molecule has 2 aliphatic heterocycles. The fraction of sp³-hybridized carbons (Fsp3) is 0.176. The van der Waals surface area contributed by atoms with Crippen molar-refractivity contribution in [3.63, 3.8) is 0 Å². The Morgan fingerprint density at radius 1 is 1.04 bits per heavy atom. The smallest absolute Gasteiger partial charge is 0.295 e. The van der Waals surface area contributed by atoms with E-state index in [1.165, 1.54) is 24.3 Å². The molecular weight excluding hydrogens is 342 g/mol. The highest BCUT2D eigenvalue weighted by atomic mass is 32.2. The average molecular weight is 355 g/mol. The molecule has 2 aromatic rings. The van der Waals surface area contributed by atoms with Crippen LogP contribution < -0.4 is 4.90 Å². The molecule has 1 unspecified atom stereocenters. The van der Waals surface area contributed by atoms with Crippen molar-refractivity contribution in [3.8, 4) is 0 Å². The summed E-state index contributed by atoms with van der Waals surface area (Å²) in [4.78, 5) is 38.6. The van der Waals surface area contributed by atoms with Gasteiger partial charge in [-0.05, 0) is 17.7 Å². The minimum Gasteiger partial charge on any atom is -0.295 e. The molecular formula is C17H13N3O4S.